The Morgan fingerprint density at radius 1 is 1.28 bits per heavy atom. The molecule has 0 amide bonds. The Morgan fingerprint density at radius 2 is 2.00 bits per heavy atom. The van der Waals surface area contributed by atoms with Crippen LogP contribution < -0.4 is 10.2 Å². The lowest BCUT2D eigenvalue weighted by Crippen LogP contribution is -2.50. The highest BCUT2D eigenvalue weighted by molar-refractivity contribution is 5.28. The van der Waals surface area contributed by atoms with Gasteiger partial charge in [0, 0.05) is 44.4 Å². The molecule has 2 rings (SSSR count). The van der Waals surface area contributed by atoms with Crippen LogP contribution in [0.5, 0.6) is 5.75 Å². The summed E-state index contributed by atoms with van der Waals surface area (Å²) in [5, 5.41) is 2.14. The van der Waals surface area contributed by atoms with Crippen LogP contribution in [0.1, 0.15) is 5.56 Å². The zero-order valence-corrected chi connectivity index (χ0v) is 10.9. The lowest BCUT2D eigenvalue weighted by molar-refractivity contribution is 0.102. The first kappa shape index (κ1) is 13.3. The fourth-order valence-electron chi connectivity index (χ4n) is 1.96. The van der Waals surface area contributed by atoms with E-state index in [1.807, 2.05) is 0 Å². The van der Waals surface area contributed by atoms with E-state index in [-0.39, 0.29) is 5.82 Å². The van der Waals surface area contributed by atoms with Crippen LogP contribution in [0.3, 0.4) is 0 Å². The smallest absolute Gasteiger partial charge is 0.131 e. The maximum absolute atomic E-state index is 13.7. The van der Waals surface area contributed by atoms with Gasteiger partial charge in [-0.3, -0.25) is 5.43 Å². The Hall–Kier alpha value is -1.17. The molecule has 1 aliphatic heterocycles. The Kier molecular flexibility index (Phi) is 4.52. The Bertz CT molecular complexity index is 392. The summed E-state index contributed by atoms with van der Waals surface area (Å²) >= 11 is 0. The fraction of sp³-hybridized carbons (Fsp3) is 0.538. The van der Waals surface area contributed by atoms with Crippen LogP contribution in [0.4, 0.5) is 4.39 Å². The molecular weight excluding hydrogens is 233 g/mol. The first-order valence-corrected chi connectivity index (χ1v) is 6.18. The van der Waals surface area contributed by atoms with Gasteiger partial charge in [0.15, 0.2) is 0 Å². The summed E-state index contributed by atoms with van der Waals surface area (Å²) < 4.78 is 18.7. The minimum Gasteiger partial charge on any atom is -0.497 e. The van der Waals surface area contributed by atoms with E-state index < -0.39 is 0 Å². The minimum atomic E-state index is -0.226. The molecule has 0 atom stereocenters. The SMILES string of the molecule is COc1ccc(CNN2CCN(C)CC2)c(F)c1. The molecule has 0 bridgehead atoms. The van der Waals surface area contributed by atoms with Crippen molar-refractivity contribution in [3.05, 3.63) is 29.6 Å². The molecule has 18 heavy (non-hydrogen) atoms. The predicted octanol–water partition coefficient (Wildman–Crippen LogP) is 1.09. The van der Waals surface area contributed by atoms with Gasteiger partial charge in [0.2, 0.25) is 0 Å². The molecule has 0 spiro atoms. The predicted molar refractivity (Wildman–Crippen MR) is 68.9 cm³/mol. The van der Waals surface area contributed by atoms with Crippen LogP contribution in [-0.4, -0.2) is 50.2 Å². The van der Waals surface area contributed by atoms with Crippen LogP contribution in [0.25, 0.3) is 0 Å². The number of nitrogens with zero attached hydrogens (tertiary/aromatic N) is 2. The number of benzene rings is 1. The number of hydrogen-bond donors (Lipinski definition) is 1. The first-order chi connectivity index (χ1) is 8.69. The van der Waals surface area contributed by atoms with Crippen molar-refractivity contribution in [2.24, 2.45) is 0 Å². The van der Waals surface area contributed by atoms with Gasteiger partial charge in [-0.1, -0.05) is 6.07 Å². The largest absolute Gasteiger partial charge is 0.497 e. The van der Waals surface area contributed by atoms with Crippen LogP contribution in [0.2, 0.25) is 0 Å². The van der Waals surface area contributed by atoms with Gasteiger partial charge in [-0.15, -0.1) is 0 Å². The molecule has 1 saturated heterocycles. The highest BCUT2D eigenvalue weighted by atomic mass is 19.1. The third kappa shape index (κ3) is 3.41. The quantitative estimate of drug-likeness (QED) is 0.869. The summed E-state index contributed by atoms with van der Waals surface area (Å²) in [5.41, 5.74) is 3.92. The van der Waals surface area contributed by atoms with Gasteiger partial charge < -0.3 is 9.64 Å². The molecular formula is C13H20FN3O. The molecule has 0 aliphatic carbocycles. The van der Waals surface area contributed by atoms with Crippen molar-refractivity contribution in [1.29, 1.82) is 0 Å². The van der Waals surface area contributed by atoms with Gasteiger partial charge in [-0.05, 0) is 13.1 Å². The summed E-state index contributed by atoms with van der Waals surface area (Å²) in [5.74, 6) is 0.326. The number of piperazine rings is 1. The van der Waals surface area contributed by atoms with Gasteiger partial charge >= 0.3 is 0 Å². The number of ether oxygens (including phenoxy) is 1. The number of hydrogen-bond acceptors (Lipinski definition) is 4. The molecule has 0 unspecified atom stereocenters. The van der Waals surface area contributed by atoms with E-state index in [1.165, 1.54) is 13.2 Å². The van der Waals surface area contributed by atoms with Gasteiger partial charge in [0.05, 0.1) is 7.11 Å². The monoisotopic (exact) mass is 253 g/mol. The van der Waals surface area contributed by atoms with Crippen LogP contribution in [-0.2, 0) is 6.54 Å². The lowest BCUT2D eigenvalue weighted by Gasteiger charge is -2.32. The normalized spacial score (nSPS) is 17.9. The van der Waals surface area contributed by atoms with E-state index in [9.17, 15) is 4.39 Å². The van der Waals surface area contributed by atoms with E-state index >= 15 is 0 Å². The van der Waals surface area contributed by atoms with Crippen molar-refractivity contribution in [3.8, 4) is 5.75 Å². The third-order valence-electron chi connectivity index (χ3n) is 3.26. The van der Waals surface area contributed by atoms with Gasteiger partial charge in [0.25, 0.3) is 0 Å². The summed E-state index contributed by atoms with van der Waals surface area (Å²) in [6.07, 6.45) is 0. The zero-order valence-electron chi connectivity index (χ0n) is 10.9. The van der Waals surface area contributed by atoms with Gasteiger partial charge in [-0.2, -0.15) is 0 Å². The minimum absolute atomic E-state index is 0.226. The number of rotatable bonds is 4. The summed E-state index contributed by atoms with van der Waals surface area (Å²) in [4.78, 5) is 2.28. The van der Waals surface area contributed by atoms with Crippen molar-refractivity contribution in [3.63, 3.8) is 0 Å². The standard InChI is InChI=1S/C13H20FN3O/c1-16-5-7-17(8-6-16)15-10-11-3-4-12(18-2)9-13(11)14/h3-4,9,15H,5-8,10H2,1-2H3. The molecule has 0 aromatic heterocycles. The lowest BCUT2D eigenvalue weighted by atomic mass is 10.2. The second-order valence-electron chi connectivity index (χ2n) is 4.58. The molecule has 4 nitrogen and oxygen atoms in total. The van der Waals surface area contributed by atoms with E-state index in [0.29, 0.717) is 17.9 Å². The number of halogens is 1. The van der Waals surface area contributed by atoms with E-state index in [1.54, 1.807) is 12.1 Å². The number of nitrogens with one attached hydrogen (secondary N) is 1. The van der Waals surface area contributed by atoms with Gasteiger partial charge in [-0.25, -0.2) is 9.40 Å². The average molecular weight is 253 g/mol. The van der Waals surface area contributed by atoms with Crippen molar-refractivity contribution in [2.45, 2.75) is 6.54 Å². The Labute approximate surface area is 107 Å². The number of likely N-dealkylation sites (N-methyl/N-ethyl adjacent to an activating group) is 1. The molecule has 0 radical (unpaired) electrons. The number of methoxy groups -OCH3 is 1. The molecule has 1 aromatic rings. The molecule has 1 aliphatic rings. The first-order valence-electron chi connectivity index (χ1n) is 6.18. The van der Waals surface area contributed by atoms with E-state index in [4.69, 9.17) is 4.74 Å². The van der Waals surface area contributed by atoms with E-state index in [2.05, 4.69) is 22.4 Å². The second kappa shape index (κ2) is 6.13. The van der Waals surface area contributed by atoms with Crippen molar-refractivity contribution < 1.29 is 9.13 Å². The van der Waals surface area contributed by atoms with Crippen LogP contribution in [0.15, 0.2) is 18.2 Å². The summed E-state index contributed by atoms with van der Waals surface area (Å²) in [7, 11) is 3.65. The van der Waals surface area contributed by atoms with Crippen molar-refractivity contribution >= 4 is 0 Å². The molecule has 5 heteroatoms. The average Bonchev–Trinajstić information content (AvgIpc) is 2.39. The Morgan fingerprint density at radius 3 is 2.61 bits per heavy atom. The van der Waals surface area contributed by atoms with E-state index in [0.717, 1.165) is 26.2 Å². The maximum atomic E-state index is 13.7. The Balaban J connectivity index is 1.86. The van der Waals surface area contributed by atoms with Crippen LogP contribution in [0, 0.1) is 5.82 Å². The summed E-state index contributed by atoms with van der Waals surface area (Å²) in [6, 6.07) is 4.96. The second-order valence-corrected chi connectivity index (χ2v) is 4.58. The topological polar surface area (TPSA) is 27.7 Å². The molecule has 1 N–H and O–H groups in total. The highest BCUT2D eigenvalue weighted by Gasteiger charge is 2.13. The summed E-state index contributed by atoms with van der Waals surface area (Å²) in [6.45, 7) is 4.53. The zero-order chi connectivity index (χ0) is 13.0. The van der Waals surface area contributed by atoms with Crippen LogP contribution >= 0.6 is 0 Å². The van der Waals surface area contributed by atoms with Crippen molar-refractivity contribution in [1.82, 2.24) is 15.3 Å². The number of hydrazine groups is 1. The maximum Gasteiger partial charge on any atom is 0.131 e. The fourth-order valence-corrected chi connectivity index (χ4v) is 1.96. The van der Waals surface area contributed by atoms with Gasteiger partial charge in [0.1, 0.15) is 11.6 Å². The molecule has 100 valence electrons. The third-order valence-corrected chi connectivity index (χ3v) is 3.26. The van der Waals surface area contributed by atoms with Crippen molar-refractivity contribution in [2.75, 3.05) is 40.3 Å². The molecule has 1 fully saturated rings. The highest BCUT2D eigenvalue weighted by Crippen LogP contribution is 2.16. The molecule has 1 heterocycles. The molecule has 0 saturated carbocycles. The molecule has 1 aromatic carbocycles.